The Kier molecular flexibility index (Phi) is 3.73. The summed E-state index contributed by atoms with van der Waals surface area (Å²) in [5.41, 5.74) is 0. The van der Waals surface area contributed by atoms with Crippen molar-refractivity contribution in [1.29, 1.82) is 0 Å². The molecule has 2 atom stereocenters. The van der Waals surface area contributed by atoms with Crippen LogP contribution in [-0.4, -0.2) is 36.5 Å². The topological polar surface area (TPSA) is 84.5 Å². The summed E-state index contributed by atoms with van der Waals surface area (Å²) in [6.07, 6.45) is 2.81. The minimum atomic E-state index is -0.606. The number of rotatable bonds is 2. The normalized spacial score (nSPS) is 29.6. The molecule has 2 fully saturated rings. The molecule has 0 aliphatic carbocycles. The zero-order valence-electron chi connectivity index (χ0n) is 9.53. The first-order valence-electron chi connectivity index (χ1n) is 5.92. The first kappa shape index (κ1) is 12.0. The van der Waals surface area contributed by atoms with Gasteiger partial charge in [-0.05, 0) is 25.7 Å². The first-order valence-corrected chi connectivity index (χ1v) is 5.92. The number of amides is 3. The molecule has 0 aromatic heterocycles. The molecule has 0 aromatic rings. The highest BCUT2D eigenvalue weighted by atomic mass is 16.5. The molecular formula is C11H16N2O4. The monoisotopic (exact) mass is 240 g/mol. The predicted octanol–water partition coefficient (Wildman–Crippen LogP) is -0.523. The smallest absolute Gasteiger partial charge is 0.249 e. The Bertz CT molecular complexity index is 336. The van der Waals surface area contributed by atoms with Crippen molar-refractivity contribution >= 4 is 17.7 Å². The van der Waals surface area contributed by atoms with Crippen LogP contribution in [0.1, 0.15) is 32.1 Å². The molecule has 94 valence electrons. The lowest BCUT2D eigenvalue weighted by Crippen LogP contribution is -2.54. The highest BCUT2D eigenvalue weighted by Crippen LogP contribution is 2.13. The van der Waals surface area contributed by atoms with E-state index in [1.807, 2.05) is 0 Å². The molecule has 2 rings (SSSR count). The second-order valence-electron chi connectivity index (χ2n) is 4.37. The molecule has 2 aliphatic rings. The Morgan fingerprint density at radius 2 is 2.12 bits per heavy atom. The van der Waals surface area contributed by atoms with Crippen molar-refractivity contribution in [2.45, 2.75) is 44.2 Å². The Balaban J connectivity index is 1.85. The summed E-state index contributed by atoms with van der Waals surface area (Å²) in [5, 5.41) is 4.83. The molecule has 0 bridgehead atoms. The van der Waals surface area contributed by atoms with Crippen LogP contribution in [-0.2, 0) is 19.1 Å². The number of carbonyl (C=O) groups excluding carboxylic acids is 3. The molecule has 2 saturated heterocycles. The second kappa shape index (κ2) is 5.27. The van der Waals surface area contributed by atoms with E-state index in [0.29, 0.717) is 19.4 Å². The quantitative estimate of drug-likeness (QED) is 0.636. The summed E-state index contributed by atoms with van der Waals surface area (Å²) >= 11 is 0. The molecule has 2 unspecified atom stereocenters. The lowest BCUT2D eigenvalue weighted by molar-refractivity contribution is -0.142. The van der Waals surface area contributed by atoms with Crippen molar-refractivity contribution in [2.24, 2.45) is 0 Å². The third-order valence-corrected chi connectivity index (χ3v) is 3.03. The molecule has 0 aromatic carbocycles. The summed E-state index contributed by atoms with van der Waals surface area (Å²) in [6, 6.07) is -0.606. The van der Waals surface area contributed by atoms with E-state index in [2.05, 4.69) is 10.6 Å². The maximum atomic E-state index is 11.8. The molecule has 17 heavy (non-hydrogen) atoms. The van der Waals surface area contributed by atoms with E-state index < -0.39 is 18.1 Å². The zero-order valence-corrected chi connectivity index (χ0v) is 9.53. The number of ether oxygens (including phenoxy) is 1. The molecule has 0 radical (unpaired) electrons. The fourth-order valence-corrected chi connectivity index (χ4v) is 2.04. The summed E-state index contributed by atoms with van der Waals surface area (Å²) in [5.74, 6) is -0.959. The largest absolute Gasteiger partial charge is 0.368 e. The third-order valence-electron chi connectivity index (χ3n) is 3.03. The van der Waals surface area contributed by atoms with Crippen LogP contribution in [0.4, 0.5) is 0 Å². The average molecular weight is 240 g/mol. The minimum absolute atomic E-state index is 0.251. The first-order chi connectivity index (χ1) is 8.16. The van der Waals surface area contributed by atoms with Gasteiger partial charge in [0.15, 0.2) is 0 Å². The van der Waals surface area contributed by atoms with Crippen molar-refractivity contribution < 1.29 is 19.1 Å². The van der Waals surface area contributed by atoms with E-state index >= 15 is 0 Å². The van der Waals surface area contributed by atoms with E-state index in [4.69, 9.17) is 4.74 Å². The summed E-state index contributed by atoms with van der Waals surface area (Å²) in [7, 11) is 0. The number of piperidine rings is 1. The van der Waals surface area contributed by atoms with Gasteiger partial charge in [0.1, 0.15) is 12.1 Å². The highest BCUT2D eigenvalue weighted by molar-refractivity contribution is 6.01. The average Bonchev–Trinajstić information content (AvgIpc) is 2.34. The number of carbonyl (C=O) groups is 3. The number of hydrogen-bond acceptors (Lipinski definition) is 4. The van der Waals surface area contributed by atoms with Gasteiger partial charge in [0.25, 0.3) is 0 Å². The second-order valence-corrected chi connectivity index (χ2v) is 4.37. The van der Waals surface area contributed by atoms with Crippen LogP contribution in [0.3, 0.4) is 0 Å². The van der Waals surface area contributed by atoms with E-state index in [1.54, 1.807) is 0 Å². The maximum absolute atomic E-state index is 11.8. The van der Waals surface area contributed by atoms with E-state index in [-0.39, 0.29) is 18.2 Å². The van der Waals surface area contributed by atoms with Gasteiger partial charge in [-0.25, -0.2) is 0 Å². The lowest BCUT2D eigenvalue weighted by atomic mass is 10.0. The van der Waals surface area contributed by atoms with Gasteiger partial charge in [-0.2, -0.15) is 0 Å². The van der Waals surface area contributed by atoms with Crippen LogP contribution in [0.2, 0.25) is 0 Å². The van der Waals surface area contributed by atoms with Crippen LogP contribution >= 0.6 is 0 Å². The van der Waals surface area contributed by atoms with Crippen LogP contribution in [0.5, 0.6) is 0 Å². The molecule has 6 heteroatoms. The van der Waals surface area contributed by atoms with Crippen molar-refractivity contribution in [1.82, 2.24) is 10.6 Å². The molecule has 2 heterocycles. The zero-order chi connectivity index (χ0) is 12.3. The maximum Gasteiger partial charge on any atom is 0.249 e. The summed E-state index contributed by atoms with van der Waals surface area (Å²) < 4.78 is 5.33. The van der Waals surface area contributed by atoms with Gasteiger partial charge in [-0.15, -0.1) is 0 Å². The van der Waals surface area contributed by atoms with Crippen LogP contribution in [0.25, 0.3) is 0 Å². The molecular weight excluding hydrogens is 224 g/mol. The van der Waals surface area contributed by atoms with Crippen molar-refractivity contribution in [3.8, 4) is 0 Å². The molecule has 2 aliphatic heterocycles. The molecule has 0 saturated carbocycles. The highest BCUT2D eigenvalue weighted by Gasteiger charge is 2.30. The van der Waals surface area contributed by atoms with Gasteiger partial charge in [0.2, 0.25) is 17.7 Å². The Labute approximate surface area is 99.1 Å². The molecule has 0 spiro atoms. The number of imide groups is 1. The van der Waals surface area contributed by atoms with E-state index in [9.17, 15) is 14.4 Å². The van der Waals surface area contributed by atoms with Gasteiger partial charge in [0, 0.05) is 13.0 Å². The van der Waals surface area contributed by atoms with Crippen LogP contribution in [0.15, 0.2) is 0 Å². The lowest BCUT2D eigenvalue weighted by Gasteiger charge is -2.26. The SMILES string of the molecule is O=C1CCC(NC(=O)C2CCCCO2)C(=O)N1. The third kappa shape index (κ3) is 3.03. The number of hydrogen-bond donors (Lipinski definition) is 2. The minimum Gasteiger partial charge on any atom is -0.368 e. The van der Waals surface area contributed by atoms with Gasteiger partial charge >= 0.3 is 0 Å². The van der Waals surface area contributed by atoms with E-state index in [1.165, 1.54) is 0 Å². The summed E-state index contributed by atoms with van der Waals surface area (Å²) in [6.45, 7) is 0.591. The fourth-order valence-electron chi connectivity index (χ4n) is 2.04. The van der Waals surface area contributed by atoms with Gasteiger partial charge in [0.05, 0.1) is 0 Å². The standard InChI is InChI=1S/C11H16N2O4/c14-9-5-4-7(10(15)13-9)12-11(16)8-3-1-2-6-17-8/h7-8H,1-6H2,(H,12,16)(H,13,14,15). The summed E-state index contributed by atoms with van der Waals surface area (Å²) in [4.78, 5) is 34.2. The fraction of sp³-hybridized carbons (Fsp3) is 0.727. The van der Waals surface area contributed by atoms with Gasteiger partial charge < -0.3 is 10.1 Å². The Morgan fingerprint density at radius 1 is 1.29 bits per heavy atom. The molecule has 2 N–H and O–H groups in total. The van der Waals surface area contributed by atoms with Crippen molar-refractivity contribution in [3.05, 3.63) is 0 Å². The van der Waals surface area contributed by atoms with Crippen LogP contribution in [0, 0.1) is 0 Å². The number of nitrogens with one attached hydrogen (secondary N) is 2. The van der Waals surface area contributed by atoms with E-state index in [0.717, 1.165) is 12.8 Å². The molecule has 6 nitrogen and oxygen atoms in total. The van der Waals surface area contributed by atoms with Crippen LogP contribution < -0.4 is 10.6 Å². The van der Waals surface area contributed by atoms with Crippen molar-refractivity contribution in [3.63, 3.8) is 0 Å². The Morgan fingerprint density at radius 3 is 2.76 bits per heavy atom. The predicted molar refractivity (Wildman–Crippen MR) is 57.9 cm³/mol. The molecule has 3 amide bonds. The van der Waals surface area contributed by atoms with Gasteiger partial charge in [-0.3, -0.25) is 19.7 Å². The van der Waals surface area contributed by atoms with Crippen molar-refractivity contribution in [2.75, 3.05) is 6.61 Å². The Hall–Kier alpha value is -1.43. The van der Waals surface area contributed by atoms with Gasteiger partial charge in [-0.1, -0.05) is 0 Å².